The molecule has 0 amide bonds. The summed E-state index contributed by atoms with van der Waals surface area (Å²) in [5, 5.41) is 4.47. The van der Waals surface area contributed by atoms with E-state index in [-0.39, 0.29) is 0 Å². The molecule has 2 aromatic heterocycles. The Kier molecular flexibility index (Phi) is 2.48. The summed E-state index contributed by atoms with van der Waals surface area (Å²) in [6, 6.07) is 11.8. The zero-order valence-electron chi connectivity index (χ0n) is 10.2. The van der Waals surface area contributed by atoms with Crippen molar-refractivity contribution in [3.63, 3.8) is 0 Å². The van der Waals surface area contributed by atoms with Gasteiger partial charge in [0.2, 0.25) is 0 Å². The molecule has 1 aromatic carbocycles. The number of nitrogens with two attached hydrogens (primary N) is 1. The predicted molar refractivity (Wildman–Crippen MR) is 71.4 cm³/mol. The van der Waals surface area contributed by atoms with Gasteiger partial charge < -0.3 is 5.73 Å². The zero-order chi connectivity index (χ0) is 12.5. The number of benzene rings is 1. The van der Waals surface area contributed by atoms with E-state index in [1.165, 1.54) is 0 Å². The number of rotatable bonds is 2. The molecule has 2 N–H and O–H groups in total. The first-order valence-electron chi connectivity index (χ1n) is 5.88. The molecule has 0 unspecified atom stereocenters. The average molecular weight is 238 g/mol. The highest BCUT2D eigenvalue weighted by Gasteiger charge is 2.06. The van der Waals surface area contributed by atoms with Gasteiger partial charge in [0, 0.05) is 18.3 Å². The van der Waals surface area contributed by atoms with Gasteiger partial charge in [0.1, 0.15) is 0 Å². The molecule has 0 radical (unpaired) electrons. The van der Waals surface area contributed by atoms with Crippen LogP contribution in [0, 0.1) is 6.92 Å². The Bertz CT molecular complexity index is 683. The van der Waals surface area contributed by atoms with Crippen LogP contribution in [-0.4, -0.2) is 14.6 Å². The summed E-state index contributed by atoms with van der Waals surface area (Å²) in [4.78, 5) is 4.55. The zero-order valence-corrected chi connectivity index (χ0v) is 10.2. The molecule has 3 rings (SSSR count). The highest BCUT2D eigenvalue weighted by Crippen LogP contribution is 2.12. The fraction of sp³-hybridized carbons (Fsp3) is 0.143. The van der Waals surface area contributed by atoms with Crippen molar-refractivity contribution >= 4 is 11.3 Å². The lowest BCUT2D eigenvalue weighted by Gasteiger charge is -1.97. The van der Waals surface area contributed by atoms with E-state index >= 15 is 0 Å². The molecule has 0 saturated carbocycles. The van der Waals surface area contributed by atoms with E-state index in [4.69, 9.17) is 5.73 Å². The van der Waals surface area contributed by atoms with Crippen LogP contribution in [0.3, 0.4) is 0 Å². The van der Waals surface area contributed by atoms with Crippen molar-refractivity contribution in [2.45, 2.75) is 13.3 Å². The van der Waals surface area contributed by atoms with Crippen molar-refractivity contribution < 1.29 is 0 Å². The number of hydrogen-bond acceptors (Lipinski definition) is 3. The summed E-state index contributed by atoms with van der Waals surface area (Å²) < 4.78 is 1.82. The maximum atomic E-state index is 5.67. The van der Waals surface area contributed by atoms with Gasteiger partial charge in [0.05, 0.1) is 0 Å². The molecular formula is C14H14N4. The van der Waals surface area contributed by atoms with Crippen LogP contribution in [0.25, 0.3) is 5.65 Å². The molecule has 0 atom stereocenters. The standard InChI is InChI=1S/C14H14N4/c1-10-3-2-8-18-14(10)16-13(17-18)9-11-4-6-12(15)7-5-11/h2-8H,9,15H2,1H3. The van der Waals surface area contributed by atoms with Crippen molar-refractivity contribution in [3.8, 4) is 0 Å². The van der Waals surface area contributed by atoms with Crippen molar-refractivity contribution in [1.29, 1.82) is 0 Å². The van der Waals surface area contributed by atoms with Crippen molar-refractivity contribution in [3.05, 3.63) is 59.5 Å². The minimum absolute atomic E-state index is 0.724. The fourth-order valence-electron chi connectivity index (χ4n) is 1.98. The Balaban J connectivity index is 1.95. The highest BCUT2D eigenvalue weighted by molar-refractivity contribution is 5.46. The van der Waals surface area contributed by atoms with Gasteiger partial charge in [0.25, 0.3) is 0 Å². The number of hydrogen-bond donors (Lipinski definition) is 1. The van der Waals surface area contributed by atoms with Gasteiger partial charge in [-0.2, -0.15) is 5.10 Å². The lowest BCUT2D eigenvalue weighted by molar-refractivity contribution is 0.898. The molecule has 90 valence electrons. The van der Waals surface area contributed by atoms with Gasteiger partial charge >= 0.3 is 0 Å². The molecule has 0 aliphatic heterocycles. The summed E-state index contributed by atoms with van der Waals surface area (Å²) in [5.74, 6) is 0.828. The largest absolute Gasteiger partial charge is 0.399 e. The van der Waals surface area contributed by atoms with Crippen LogP contribution in [0.15, 0.2) is 42.6 Å². The normalized spacial score (nSPS) is 10.9. The van der Waals surface area contributed by atoms with Gasteiger partial charge in [-0.1, -0.05) is 18.2 Å². The van der Waals surface area contributed by atoms with Crippen LogP contribution in [-0.2, 0) is 6.42 Å². The second-order valence-electron chi connectivity index (χ2n) is 4.41. The summed E-state index contributed by atoms with van der Waals surface area (Å²) in [6.45, 7) is 2.04. The Morgan fingerprint density at radius 3 is 2.67 bits per heavy atom. The molecule has 18 heavy (non-hydrogen) atoms. The van der Waals surface area contributed by atoms with Crippen LogP contribution < -0.4 is 5.73 Å². The number of aromatic nitrogens is 3. The first kappa shape index (κ1) is 10.8. The Hall–Kier alpha value is -2.36. The maximum Gasteiger partial charge on any atom is 0.158 e. The molecule has 0 fully saturated rings. The van der Waals surface area contributed by atoms with Crippen LogP contribution in [0.1, 0.15) is 17.0 Å². The van der Waals surface area contributed by atoms with Crippen LogP contribution >= 0.6 is 0 Å². The number of anilines is 1. The van der Waals surface area contributed by atoms with E-state index in [0.717, 1.165) is 34.7 Å². The summed E-state index contributed by atoms with van der Waals surface area (Å²) in [5.41, 5.74) is 9.66. The van der Waals surface area contributed by atoms with Gasteiger partial charge in [-0.3, -0.25) is 0 Å². The Morgan fingerprint density at radius 1 is 1.17 bits per heavy atom. The minimum atomic E-state index is 0.724. The Labute approximate surface area is 105 Å². The predicted octanol–water partition coefficient (Wildman–Crippen LogP) is 2.21. The third-order valence-corrected chi connectivity index (χ3v) is 2.94. The lowest BCUT2D eigenvalue weighted by atomic mass is 10.1. The third kappa shape index (κ3) is 1.93. The SMILES string of the molecule is Cc1cccn2nc(Cc3ccc(N)cc3)nc12. The van der Waals surface area contributed by atoms with Crippen molar-refractivity contribution in [2.24, 2.45) is 0 Å². The van der Waals surface area contributed by atoms with Crippen LogP contribution in [0.4, 0.5) is 5.69 Å². The van der Waals surface area contributed by atoms with Gasteiger partial charge in [-0.05, 0) is 36.2 Å². The second kappa shape index (κ2) is 4.14. The molecule has 4 heteroatoms. The van der Waals surface area contributed by atoms with E-state index in [1.807, 2.05) is 54.0 Å². The molecule has 2 heterocycles. The topological polar surface area (TPSA) is 56.2 Å². The summed E-state index contributed by atoms with van der Waals surface area (Å²) in [7, 11) is 0. The van der Waals surface area contributed by atoms with E-state index in [1.54, 1.807) is 0 Å². The average Bonchev–Trinajstić information content (AvgIpc) is 2.76. The molecule has 0 aliphatic carbocycles. The molecule has 4 nitrogen and oxygen atoms in total. The monoisotopic (exact) mass is 238 g/mol. The Morgan fingerprint density at radius 2 is 1.94 bits per heavy atom. The molecule has 0 bridgehead atoms. The van der Waals surface area contributed by atoms with Crippen molar-refractivity contribution in [2.75, 3.05) is 5.73 Å². The smallest absolute Gasteiger partial charge is 0.158 e. The molecule has 0 spiro atoms. The number of nitrogens with zero attached hydrogens (tertiary/aromatic N) is 3. The second-order valence-corrected chi connectivity index (χ2v) is 4.41. The minimum Gasteiger partial charge on any atom is -0.399 e. The van der Waals surface area contributed by atoms with Gasteiger partial charge in [-0.25, -0.2) is 9.50 Å². The van der Waals surface area contributed by atoms with Gasteiger partial charge in [-0.15, -0.1) is 0 Å². The molecule has 0 aliphatic rings. The first-order chi connectivity index (χ1) is 8.72. The number of pyridine rings is 1. The molecule has 0 saturated heterocycles. The van der Waals surface area contributed by atoms with Crippen LogP contribution in [0.5, 0.6) is 0 Å². The number of nitrogen functional groups attached to an aromatic ring is 1. The van der Waals surface area contributed by atoms with E-state index in [9.17, 15) is 0 Å². The van der Waals surface area contributed by atoms with Gasteiger partial charge in [0.15, 0.2) is 11.5 Å². The van der Waals surface area contributed by atoms with E-state index in [2.05, 4.69) is 10.1 Å². The molecular weight excluding hydrogens is 224 g/mol. The summed E-state index contributed by atoms with van der Waals surface area (Å²) >= 11 is 0. The summed E-state index contributed by atoms with van der Waals surface area (Å²) in [6.07, 6.45) is 2.64. The number of aryl methyl sites for hydroxylation is 1. The fourth-order valence-corrected chi connectivity index (χ4v) is 1.98. The van der Waals surface area contributed by atoms with Crippen LogP contribution in [0.2, 0.25) is 0 Å². The first-order valence-corrected chi connectivity index (χ1v) is 5.88. The van der Waals surface area contributed by atoms with E-state index in [0.29, 0.717) is 0 Å². The molecule has 3 aromatic rings. The quantitative estimate of drug-likeness (QED) is 0.696. The number of fused-ring (bicyclic) bond motifs is 1. The van der Waals surface area contributed by atoms with E-state index < -0.39 is 0 Å². The maximum absolute atomic E-state index is 5.67. The highest BCUT2D eigenvalue weighted by atomic mass is 15.3. The lowest BCUT2D eigenvalue weighted by Crippen LogP contribution is -1.92. The third-order valence-electron chi connectivity index (χ3n) is 2.94. The van der Waals surface area contributed by atoms with Crippen molar-refractivity contribution in [1.82, 2.24) is 14.6 Å².